The molecule has 150 valence electrons. The topological polar surface area (TPSA) is 118 Å². The summed E-state index contributed by atoms with van der Waals surface area (Å²) in [5.74, 6) is -3.54. The van der Waals surface area contributed by atoms with Gasteiger partial charge < -0.3 is 20.4 Å². The number of aliphatic carboxylic acids is 2. The third-order valence-corrected chi connectivity index (χ3v) is 6.44. The molecule has 2 aromatic rings. The van der Waals surface area contributed by atoms with Gasteiger partial charge in [-0.05, 0) is 48.0 Å². The zero-order valence-electron chi connectivity index (χ0n) is 15.4. The minimum Gasteiger partial charge on any atom is -0.479 e. The molecule has 4 atom stereocenters. The van der Waals surface area contributed by atoms with E-state index in [2.05, 4.69) is 47.7 Å². The number of carbonyl (C=O) groups is 2. The van der Waals surface area contributed by atoms with Gasteiger partial charge in [0.25, 0.3) is 0 Å². The van der Waals surface area contributed by atoms with Crippen LogP contribution in [0.1, 0.15) is 24.1 Å². The summed E-state index contributed by atoms with van der Waals surface area (Å²) in [6.07, 6.45) is 1.92. The Hall–Kier alpha value is -2.26. The van der Waals surface area contributed by atoms with Crippen molar-refractivity contribution in [2.75, 3.05) is 7.05 Å². The van der Waals surface area contributed by atoms with Crippen LogP contribution in [0.2, 0.25) is 0 Å². The number of carboxylic acid groups (broad SMARTS) is 2. The zero-order valence-corrected chi connectivity index (χ0v) is 16.2. The second-order valence-electron chi connectivity index (χ2n) is 7.08. The third-order valence-electron chi connectivity index (χ3n) is 5.35. The fraction of sp³-hybridized carbons (Fsp3) is 0.400. The summed E-state index contributed by atoms with van der Waals surface area (Å²) in [7, 11) is 2.28. The van der Waals surface area contributed by atoms with E-state index in [0.717, 1.165) is 6.04 Å². The molecule has 1 fully saturated rings. The van der Waals surface area contributed by atoms with Gasteiger partial charge in [-0.2, -0.15) is 0 Å². The first-order chi connectivity index (χ1) is 13.3. The number of aliphatic hydroxyl groups is 2. The number of hydrogen-bond acceptors (Lipinski definition) is 6. The van der Waals surface area contributed by atoms with E-state index < -0.39 is 24.1 Å². The van der Waals surface area contributed by atoms with E-state index in [1.165, 1.54) is 34.9 Å². The van der Waals surface area contributed by atoms with Crippen molar-refractivity contribution in [1.82, 2.24) is 4.90 Å². The standard InChI is InChI=1S/C16H17NS.C4H6O6/c1-17-13-6-7-14(17)9-12(8-13)16-15-5-3-2-4-11(15)10-18-16;5-1(3(7)8)2(6)4(9)10/h2-5,8,10,13-14H,6-7,9H2,1H3;1-2,5-6H,(H,7,8)(H,9,10). The van der Waals surface area contributed by atoms with Crippen molar-refractivity contribution >= 4 is 39.6 Å². The van der Waals surface area contributed by atoms with E-state index >= 15 is 0 Å². The van der Waals surface area contributed by atoms with Gasteiger partial charge in [-0.25, -0.2) is 9.59 Å². The van der Waals surface area contributed by atoms with E-state index in [9.17, 15) is 9.59 Å². The minimum atomic E-state index is -2.27. The number of nitrogens with zero attached hydrogens (tertiary/aromatic N) is 1. The monoisotopic (exact) mass is 405 g/mol. The fourth-order valence-corrected chi connectivity index (χ4v) is 4.79. The number of carboxylic acids is 2. The van der Waals surface area contributed by atoms with Gasteiger partial charge in [0.05, 0.1) is 0 Å². The minimum absolute atomic E-state index is 0.680. The van der Waals surface area contributed by atoms with Crippen LogP contribution in [0.3, 0.4) is 0 Å². The molecule has 4 N–H and O–H groups in total. The fourth-order valence-electron chi connectivity index (χ4n) is 3.72. The van der Waals surface area contributed by atoms with Crippen molar-refractivity contribution < 1.29 is 30.0 Å². The summed E-state index contributed by atoms with van der Waals surface area (Å²) in [6.45, 7) is 0. The van der Waals surface area contributed by atoms with Gasteiger partial charge in [-0.15, -0.1) is 11.3 Å². The largest absolute Gasteiger partial charge is 0.479 e. The van der Waals surface area contributed by atoms with E-state index in [1.807, 2.05) is 11.3 Å². The summed E-state index contributed by atoms with van der Waals surface area (Å²) in [4.78, 5) is 23.6. The molecule has 2 aliphatic heterocycles. The average molecular weight is 405 g/mol. The first-order valence-electron chi connectivity index (χ1n) is 9.00. The number of rotatable bonds is 4. The molecule has 2 bridgehead atoms. The highest BCUT2D eigenvalue weighted by molar-refractivity contribution is 7.12. The molecule has 0 spiro atoms. The lowest BCUT2D eigenvalue weighted by molar-refractivity contribution is -0.165. The Morgan fingerprint density at radius 2 is 1.75 bits per heavy atom. The molecular formula is C20H23NO6S. The van der Waals surface area contributed by atoms with Gasteiger partial charge in [-0.3, -0.25) is 4.90 Å². The van der Waals surface area contributed by atoms with E-state index in [1.54, 1.807) is 5.57 Å². The smallest absolute Gasteiger partial charge is 0.335 e. The molecular weight excluding hydrogens is 382 g/mol. The predicted molar refractivity (Wildman–Crippen MR) is 106 cm³/mol. The maximum Gasteiger partial charge on any atom is 0.335 e. The third kappa shape index (κ3) is 4.10. The predicted octanol–water partition coefficient (Wildman–Crippen LogP) is 2.03. The first-order valence-corrected chi connectivity index (χ1v) is 9.88. The molecule has 28 heavy (non-hydrogen) atoms. The summed E-state index contributed by atoms with van der Waals surface area (Å²) < 4.78 is 0. The van der Waals surface area contributed by atoms with E-state index in [4.69, 9.17) is 20.4 Å². The molecule has 1 aromatic carbocycles. The Morgan fingerprint density at radius 3 is 2.36 bits per heavy atom. The van der Waals surface area contributed by atoms with Gasteiger partial charge in [0, 0.05) is 17.0 Å². The second-order valence-corrected chi connectivity index (χ2v) is 7.96. The Labute approximate surface area is 166 Å². The maximum atomic E-state index is 9.77. The van der Waals surface area contributed by atoms with Gasteiger partial charge in [-0.1, -0.05) is 30.3 Å². The Bertz CT molecular complexity index is 889. The molecule has 0 aliphatic carbocycles. The van der Waals surface area contributed by atoms with Crippen molar-refractivity contribution in [3.8, 4) is 0 Å². The van der Waals surface area contributed by atoms with E-state index in [0.29, 0.717) is 6.04 Å². The summed E-state index contributed by atoms with van der Waals surface area (Å²) in [5, 5.41) is 37.7. The van der Waals surface area contributed by atoms with Crippen LogP contribution in [0, 0.1) is 0 Å². The summed E-state index contributed by atoms with van der Waals surface area (Å²) >= 11 is 1.92. The number of hydrogen-bond donors (Lipinski definition) is 4. The molecule has 8 heteroatoms. The van der Waals surface area contributed by atoms with E-state index in [-0.39, 0.29) is 0 Å². The maximum absolute atomic E-state index is 9.77. The van der Waals surface area contributed by atoms with Crippen LogP contribution >= 0.6 is 11.3 Å². The number of fused-ring (bicyclic) bond motifs is 3. The normalized spacial score (nSPS) is 23.5. The Balaban J connectivity index is 0.000000195. The van der Waals surface area contributed by atoms with Crippen molar-refractivity contribution in [3.05, 3.63) is 40.6 Å². The molecule has 1 aromatic heterocycles. The molecule has 1 saturated heterocycles. The Kier molecular flexibility index (Phi) is 6.14. The van der Waals surface area contributed by atoms with Crippen molar-refractivity contribution in [2.24, 2.45) is 0 Å². The lowest BCUT2D eigenvalue weighted by Gasteiger charge is -2.30. The lowest BCUT2D eigenvalue weighted by Crippen LogP contribution is -2.39. The van der Waals surface area contributed by atoms with Crippen LogP contribution in [-0.2, 0) is 9.59 Å². The van der Waals surface area contributed by atoms with Crippen LogP contribution < -0.4 is 0 Å². The quantitative estimate of drug-likeness (QED) is 0.615. The molecule has 4 rings (SSSR count). The number of thiophene rings is 1. The number of likely N-dealkylation sites (N-methyl/N-ethyl adjacent to an activating group) is 1. The molecule has 7 nitrogen and oxygen atoms in total. The van der Waals surface area contributed by atoms with Gasteiger partial charge in [0.15, 0.2) is 12.2 Å². The molecule has 0 radical (unpaired) electrons. The van der Waals surface area contributed by atoms with Crippen LogP contribution in [0.25, 0.3) is 16.3 Å². The average Bonchev–Trinajstić information content (AvgIpc) is 3.17. The van der Waals surface area contributed by atoms with Gasteiger partial charge >= 0.3 is 11.9 Å². The Morgan fingerprint density at radius 1 is 1.11 bits per heavy atom. The van der Waals surface area contributed by atoms with Gasteiger partial charge in [0.1, 0.15) is 0 Å². The molecule has 0 amide bonds. The highest BCUT2D eigenvalue weighted by Crippen LogP contribution is 2.41. The first kappa shape index (κ1) is 20.5. The van der Waals surface area contributed by atoms with Crippen LogP contribution in [0.4, 0.5) is 0 Å². The number of aliphatic hydroxyl groups excluding tert-OH is 2. The molecule has 3 heterocycles. The van der Waals surface area contributed by atoms with Crippen LogP contribution in [0.15, 0.2) is 35.7 Å². The second kappa shape index (κ2) is 8.40. The van der Waals surface area contributed by atoms with Crippen LogP contribution in [0.5, 0.6) is 0 Å². The van der Waals surface area contributed by atoms with Crippen molar-refractivity contribution in [2.45, 2.75) is 43.6 Å². The molecule has 0 saturated carbocycles. The van der Waals surface area contributed by atoms with Crippen molar-refractivity contribution in [3.63, 3.8) is 0 Å². The van der Waals surface area contributed by atoms with Gasteiger partial charge in [0.2, 0.25) is 0 Å². The number of benzene rings is 1. The van der Waals surface area contributed by atoms with Crippen molar-refractivity contribution in [1.29, 1.82) is 0 Å². The highest BCUT2D eigenvalue weighted by atomic mass is 32.1. The lowest BCUT2D eigenvalue weighted by atomic mass is 9.98. The molecule has 2 aliphatic rings. The summed E-state index contributed by atoms with van der Waals surface area (Å²) in [5.41, 5.74) is 1.59. The van der Waals surface area contributed by atoms with Crippen LogP contribution in [-0.4, -0.2) is 68.6 Å². The highest BCUT2D eigenvalue weighted by Gasteiger charge is 2.34. The zero-order chi connectivity index (χ0) is 20.4. The summed E-state index contributed by atoms with van der Waals surface area (Å²) in [6, 6.07) is 10.2. The molecule has 4 unspecified atom stereocenters. The SMILES string of the molecule is CN1C2C=C(c3scc4ccccc34)CC1CC2.O=C(O)C(O)C(O)C(=O)O.